The van der Waals surface area contributed by atoms with E-state index in [1.54, 1.807) is 52.3 Å². The lowest BCUT2D eigenvalue weighted by Crippen LogP contribution is -2.13. The summed E-state index contributed by atoms with van der Waals surface area (Å²) in [5, 5.41) is 12.0. The number of nitrogens with zero attached hydrogens (tertiary/aromatic N) is 1. The molecular formula is C24H21NO4S. The monoisotopic (exact) mass is 419 g/mol. The number of thiophene rings is 1. The summed E-state index contributed by atoms with van der Waals surface area (Å²) in [6.07, 6.45) is 0.776. The number of aliphatic carboxylic acids is 1. The van der Waals surface area contributed by atoms with E-state index >= 15 is 0 Å². The Morgan fingerprint density at radius 2 is 1.87 bits per heavy atom. The third kappa shape index (κ3) is 4.14. The third-order valence-corrected chi connectivity index (χ3v) is 5.90. The normalized spacial score (nSPS) is 11.0. The van der Waals surface area contributed by atoms with Crippen LogP contribution in [-0.4, -0.2) is 28.2 Å². The first-order valence-electron chi connectivity index (χ1n) is 9.64. The van der Waals surface area contributed by atoms with Gasteiger partial charge < -0.3 is 9.84 Å². The molecule has 0 unspecified atom stereocenters. The molecule has 5 nitrogen and oxygen atoms in total. The number of hydrogen-bond acceptors (Lipinski definition) is 4. The van der Waals surface area contributed by atoms with Crippen LogP contribution in [0.25, 0.3) is 10.9 Å². The summed E-state index contributed by atoms with van der Waals surface area (Å²) >= 11 is 1.71. The first kappa shape index (κ1) is 19.9. The number of fused-ring (bicyclic) bond motifs is 1. The zero-order chi connectivity index (χ0) is 21.1. The second-order valence-electron chi connectivity index (χ2n) is 7.05. The van der Waals surface area contributed by atoms with Crippen LogP contribution < -0.4 is 4.74 Å². The molecule has 0 amide bonds. The number of carboxylic acids is 1. The summed E-state index contributed by atoms with van der Waals surface area (Å²) in [4.78, 5) is 25.6. The Morgan fingerprint density at radius 3 is 2.57 bits per heavy atom. The van der Waals surface area contributed by atoms with Crippen LogP contribution in [0.2, 0.25) is 0 Å². The van der Waals surface area contributed by atoms with Gasteiger partial charge in [0, 0.05) is 27.9 Å². The molecule has 0 fully saturated rings. The highest BCUT2D eigenvalue weighted by atomic mass is 32.1. The number of aromatic nitrogens is 1. The minimum Gasteiger partial charge on any atom is -0.493 e. The highest BCUT2D eigenvalue weighted by Gasteiger charge is 2.17. The average molecular weight is 420 g/mol. The topological polar surface area (TPSA) is 68.5 Å². The minimum atomic E-state index is -0.895. The van der Waals surface area contributed by atoms with E-state index in [-0.39, 0.29) is 12.3 Å². The SMILES string of the molecule is Cc1cc2c(CC(=O)O)cccc2n1C(=O)c1ccc(OCCc2cccs2)cc1. The molecule has 0 aliphatic rings. The van der Waals surface area contributed by atoms with Gasteiger partial charge in [-0.25, -0.2) is 0 Å². The van der Waals surface area contributed by atoms with Gasteiger partial charge in [-0.2, -0.15) is 0 Å². The zero-order valence-corrected chi connectivity index (χ0v) is 17.3. The van der Waals surface area contributed by atoms with Crippen LogP contribution in [0.3, 0.4) is 0 Å². The summed E-state index contributed by atoms with van der Waals surface area (Å²) in [5.41, 5.74) is 2.73. The van der Waals surface area contributed by atoms with Crippen molar-refractivity contribution in [3.05, 3.63) is 87.7 Å². The fraction of sp³-hybridized carbons (Fsp3) is 0.167. The predicted molar refractivity (Wildman–Crippen MR) is 118 cm³/mol. The molecule has 0 aliphatic heterocycles. The van der Waals surface area contributed by atoms with Gasteiger partial charge in [0.05, 0.1) is 18.5 Å². The van der Waals surface area contributed by atoms with Crippen molar-refractivity contribution in [3.8, 4) is 5.75 Å². The van der Waals surface area contributed by atoms with Gasteiger partial charge in [0.1, 0.15) is 5.75 Å². The van der Waals surface area contributed by atoms with Crippen molar-refractivity contribution in [2.75, 3.05) is 6.61 Å². The lowest BCUT2D eigenvalue weighted by atomic mass is 10.1. The van der Waals surface area contributed by atoms with E-state index in [0.717, 1.165) is 23.3 Å². The molecule has 0 saturated carbocycles. The molecule has 2 aromatic heterocycles. The summed E-state index contributed by atoms with van der Waals surface area (Å²) in [7, 11) is 0. The predicted octanol–water partition coefficient (Wildman–Crippen LogP) is 4.95. The second kappa shape index (κ2) is 8.55. The third-order valence-electron chi connectivity index (χ3n) is 4.96. The number of ether oxygens (including phenoxy) is 1. The van der Waals surface area contributed by atoms with Gasteiger partial charge in [0.15, 0.2) is 0 Å². The molecule has 0 bridgehead atoms. The van der Waals surface area contributed by atoms with Crippen LogP contribution in [0.1, 0.15) is 26.5 Å². The molecule has 0 spiro atoms. The molecular weight excluding hydrogens is 398 g/mol. The standard InChI is InChI=1S/C24H21NO4S/c1-16-14-21-18(15-23(26)27)4-2-6-22(21)25(16)24(28)17-7-9-19(10-8-17)29-12-11-20-5-3-13-30-20/h2-10,13-14H,11-12,15H2,1H3,(H,26,27). The molecule has 4 aromatic rings. The van der Waals surface area contributed by atoms with E-state index in [9.17, 15) is 9.59 Å². The van der Waals surface area contributed by atoms with Crippen molar-refractivity contribution in [3.63, 3.8) is 0 Å². The Hall–Kier alpha value is -3.38. The van der Waals surface area contributed by atoms with Crippen molar-refractivity contribution >= 4 is 34.1 Å². The fourth-order valence-electron chi connectivity index (χ4n) is 3.56. The largest absolute Gasteiger partial charge is 0.493 e. The Morgan fingerprint density at radius 1 is 1.07 bits per heavy atom. The van der Waals surface area contributed by atoms with Crippen molar-refractivity contribution in [2.24, 2.45) is 0 Å². The van der Waals surface area contributed by atoms with Crippen molar-refractivity contribution in [2.45, 2.75) is 19.8 Å². The number of carbonyl (C=O) groups excluding carboxylic acids is 1. The van der Waals surface area contributed by atoms with E-state index in [2.05, 4.69) is 6.07 Å². The van der Waals surface area contributed by atoms with Crippen LogP contribution in [0.5, 0.6) is 5.75 Å². The Kier molecular flexibility index (Phi) is 5.68. The second-order valence-corrected chi connectivity index (χ2v) is 8.08. The highest BCUT2D eigenvalue weighted by molar-refractivity contribution is 7.09. The van der Waals surface area contributed by atoms with E-state index < -0.39 is 5.97 Å². The summed E-state index contributed by atoms with van der Waals surface area (Å²) in [6.45, 7) is 2.44. The number of carbonyl (C=O) groups is 2. The molecule has 0 saturated heterocycles. The molecule has 1 N–H and O–H groups in total. The lowest BCUT2D eigenvalue weighted by molar-refractivity contribution is -0.136. The minimum absolute atomic E-state index is 0.0769. The van der Waals surface area contributed by atoms with E-state index in [4.69, 9.17) is 9.84 Å². The van der Waals surface area contributed by atoms with Crippen LogP contribution in [-0.2, 0) is 17.6 Å². The smallest absolute Gasteiger partial charge is 0.307 e. The number of aryl methyl sites for hydroxylation is 1. The van der Waals surface area contributed by atoms with Gasteiger partial charge in [-0.1, -0.05) is 18.2 Å². The van der Waals surface area contributed by atoms with E-state index in [1.165, 1.54) is 4.88 Å². The Bertz CT molecular complexity index is 1190. The highest BCUT2D eigenvalue weighted by Crippen LogP contribution is 2.25. The van der Waals surface area contributed by atoms with Crippen molar-refractivity contribution in [1.82, 2.24) is 4.57 Å². The number of rotatable bonds is 7. The van der Waals surface area contributed by atoms with Crippen LogP contribution >= 0.6 is 11.3 Å². The molecule has 0 radical (unpaired) electrons. The van der Waals surface area contributed by atoms with Gasteiger partial charge in [0.2, 0.25) is 0 Å². The Balaban J connectivity index is 1.53. The quantitative estimate of drug-likeness (QED) is 0.460. The Labute approximate surface area is 178 Å². The first-order valence-corrected chi connectivity index (χ1v) is 10.5. The molecule has 0 atom stereocenters. The average Bonchev–Trinajstić information content (AvgIpc) is 3.35. The van der Waals surface area contributed by atoms with Gasteiger partial charge in [0.25, 0.3) is 5.91 Å². The van der Waals surface area contributed by atoms with Gasteiger partial charge in [-0.15, -0.1) is 11.3 Å². The molecule has 2 heterocycles. The summed E-state index contributed by atoms with van der Waals surface area (Å²) in [5.74, 6) is -0.324. The van der Waals surface area contributed by atoms with Crippen molar-refractivity contribution in [1.29, 1.82) is 0 Å². The summed E-state index contributed by atoms with van der Waals surface area (Å²) < 4.78 is 7.42. The van der Waals surface area contributed by atoms with Crippen LogP contribution in [0, 0.1) is 6.92 Å². The van der Waals surface area contributed by atoms with Crippen LogP contribution in [0.15, 0.2) is 66.0 Å². The molecule has 152 valence electrons. The zero-order valence-electron chi connectivity index (χ0n) is 16.5. The van der Waals surface area contributed by atoms with Gasteiger partial charge >= 0.3 is 5.97 Å². The molecule has 30 heavy (non-hydrogen) atoms. The van der Waals surface area contributed by atoms with E-state index in [0.29, 0.717) is 23.3 Å². The molecule has 2 aromatic carbocycles. The maximum atomic E-state index is 13.2. The molecule has 0 aliphatic carbocycles. The number of hydrogen-bond donors (Lipinski definition) is 1. The lowest BCUT2D eigenvalue weighted by Gasteiger charge is -2.09. The summed E-state index contributed by atoms with van der Waals surface area (Å²) in [6, 6.07) is 18.5. The number of benzene rings is 2. The maximum Gasteiger partial charge on any atom is 0.307 e. The first-order chi connectivity index (χ1) is 14.5. The fourth-order valence-corrected chi connectivity index (χ4v) is 4.25. The van der Waals surface area contributed by atoms with Gasteiger partial charge in [-0.3, -0.25) is 14.2 Å². The van der Waals surface area contributed by atoms with E-state index in [1.807, 2.05) is 30.5 Å². The maximum absolute atomic E-state index is 13.2. The molecule has 6 heteroatoms. The number of carboxylic acid groups (broad SMARTS) is 1. The van der Waals surface area contributed by atoms with Crippen molar-refractivity contribution < 1.29 is 19.4 Å². The van der Waals surface area contributed by atoms with Crippen LogP contribution in [0.4, 0.5) is 0 Å². The molecule has 4 rings (SSSR count). The van der Waals surface area contributed by atoms with Gasteiger partial charge in [-0.05, 0) is 60.3 Å².